The molecule has 0 saturated heterocycles. The van der Waals surface area contributed by atoms with Crippen LogP contribution in [0.25, 0.3) is 0 Å². The van der Waals surface area contributed by atoms with Crippen LogP contribution in [-0.4, -0.2) is 116 Å². The molecule has 0 aromatic carbocycles. The molecule has 0 spiro atoms. The quantitative estimate of drug-likeness (QED) is 0.0246. The van der Waals surface area contributed by atoms with Gasteiger partial charge in [-0.3, -0.25) is 28.8 Å². The van der Waals surface area contributed by atoms with Gasteiger partial charge in [-0.25, -0.2) is 0 Å². The predicted molar refractivity (Wildman–Crippen MR) is 298 cm³/mol. The van der Waals surface area contributed by atoms with Crippen LogP contribution in [0.3, 0.4) is 0 Å². The molecule has 14 heteroatoms. The van der Waals surface area contributed by atoms with Gasteiger partial charge in [0, 0.05) is 44.0 Å². The highest BCUT2D eigenvalue weighted by Crippen LogP contribution is 2.22. The largest absolute Gasteiger partial charge is 0.465 e. The van der Waals surface area contributed by atoms with Crippen molar-refractivity contribution in [1.82, 2.24) is 9.80 Å². The van der Waals surface area contributed by atoms with Gasteiger partial charge >= 0.3 is 29.8 Å². The molecule has 0 radical (unpaired) electrons. The maximum absolute atomic E-state index is 13.9. The fraction of sp³-hybridized carbons (Fsp3) is 0.831. The molecule has 13 nitrogen and oxygen atoms in total. The van der Waals surface area contributed by atoms with E-state index in [0.717, 1.165) is 135 Å². The monoisotopic (exact) mass is 1050 g/mol. The highest BCUT2D eigenvalue weighted by Gasteiger charge is 2.24. The highest BCUT2D eigenvalue weighted by atomic mass is 32.2. The fourth-order valence-electron chi connectivity index (χ4n) is 8.24. The second-order valence-corrected chi connectivity index (χ2v) is 20.6. The standard InChI is InChI=1S/C59H106N2O11S/c1-8-15-20-23-24-25-30-44-68-54(62)41-33-43-61(59(67)73-47-34-42-60(13-6)14-7)48-51(49-71-55(63)39-28-31-45-69-57(65)52(35-18-11-4)37-26-21-16-9-2)50-72-56(64)40-29-32-46-70-58(66)53(36-19-12-5)38-27-22-17-10-3/h20,23,25,30,51-53H,8-19,21-22,24,26-29,31-50H2,1-7H3/b23-20-,30-25-. The Morgan fingerprint density at radius 3 is 1.47 bits per heavy atom. The minimum Gasteiger partial charge on any atom is -0.465 e. The first-order valence-electron chi connectivity index (χ1n) is 29.2. The Balaban J connectivity index is 5.75. The first-order valence-corrected chi connectivity index (χ1v) is 30.2. The number of allylic oxidation sites excluding steroid dienone is 3. The van der Waals surface area contributed by atoms with Crippen molar-refractivity contribution in [1.29, 1.82) is 0 Å². The Kier molecular flexibility index (Phi) is 48.4. The van der Waals surface area contributed by atoms with Crippen LogP contribution < -0.4 is 0 Å². The second kappa shape index (κ2) is 50.8. The van der Waals surface area contributed by atoms with E-state index in [-0.39, 0.29) is 100 Å². The summed E-state index contributed by atoms with van der Waals surface area (Å²) < 4.78 is 28.3. The Hall–Kier alpha value is -3.39. The maximum Gasteiger partial charge on any atom is 0.308 e. The van der Waals surface area contributed by atoms with Crippen molar-refractivity contribution >= 4 is 46.8 Å². The van der Waals surface area contributed by atoms with Crippen LogP contribution >= 0.6 is 11.8 Å². The fourth-order valence-corrected chi connectivity index (χ4v) is 9.03. The van der Waals surface area contributed by atoms with Crippen LogP contribution in [0.4, 0.5) is 4.79 Å². The van der Waals surface area contributed by atoms with Gasteiger partial charge in [-0.2, -0.15) is 0 Å². The number of unbranched alkanes of at least 4 members (excludes halogenated alkanes) is 11. The van der Waals surface area contributed by atoms with Crippen molar-refractivity contribution in [2.75, 3.05) is 71.5 Å². The molecule has 0 aromatic heterocycles. The molecule has 424 valence electrons. The first-order chi connectivity index (χ1) is 35.5. The third-order valence-corrected chi connectivity index (χ3v) is 14.0. The third-order valence-electron chi connectivity index (χ3n) is 13.0. The molecule has 73 heavy (non-hydrogen) atoms. The minimum absolute atomic E-state index is 0.0791. The number of esters is 5. The van der Waals surface area contributed by atoms with Crippen molar-refractivity contribution in [3.05, 3.63) is 24.3 Å². The van der Waals surface area contributed by atoms with Crippen molar-refractivity contribution < 1.29 is 52.5 Å². The van der Waals surface area contributed by atoms with Gasteiger partial charge in [-0.15, -0.1) is 0 Å². The van der Waals surface area contributed by atoms with Crippen molar-refractivity contribution in [3.63, 3.8) is 0 Å². The topological polar surface area (TPSA) is 155 Å². The van der Waals surface area contributed by atoms with E-state index in [4.69, 9.17) is 23.7 Å². The van der Waals surface area contributed by atoms with Gasteiger partial charge in [-0.1, -0.05) is 168 Å². The summed E-state index contributed by atoms with van der Waals surface area (Å²) in [4.78, 5) is 82.6. The molecule has 1 amide bonds. The molecule has 0 fully saturated rings. The number of hydrogen-bond acceptors (Lipinski definition) is 13. The van der Waals surface area contributed by atoms with E-state index >= 15 is 0 Å². The lowest BCUT2D eigenvalue weighted by atomic mass is 9.95. The molecule has 0 aliphatic rings. The number of hydrogen-bond donors (Lipinski definition) is 0. The number of rotatable bonds is 50. The molecule has 0 aliphatic carbocycles. The van der Waals surface area contributed by atoms with Gasteiger partial charge in [0.25, 0.3) is 5.24 Å². The molecule has 0 bridgehead atoms. The van der Waals surface area contributed by atoms with Crippen molar-refractivity contribution in [2.45, 2.75) is 228 Å². The Morgan fingerprint density at radius 1 is 0.466 bits per heavy atom. The lowest BCUT2D eigenvalue weighted by Crippen LogP contribution is -2.38. The lowest BCUT2D eigenvalue weighted by Gasteiger charge is -2.27. The van der Waals surface area contributed by atoms with E-state index in [1.54, 1.807) is 4.90 Å². The minimum atomic E-state index is -0.534. The summed E-state index contributed by atoms with van der Waals surface area (Å²) in [7, 11) is 0. The van der Waals surface area contributed by atoms with Crippen LogP contribution in [-0.2, 0) is 47.7 Å². The SMILES string of the molecule is CCC/C=C\C/C=C\COC(=O)CCCN(CC(COC(=O)CCCCOC(=O)C(CCCC)CCCCCC)COC(=O)CCCCOC(=O)C(CCCC)CCCCCC)C(=O)SCCCN(CC)CC. The zero-order valence-corrected chi connectivity index (χ0v) is 48.2. The smallest absolute Gasteiger partial charge is 0.308 e. The summed E-state index contributed by atoms with van der Waals surface area (Å²) in [5, 5.41) is -0.158. The summed E-state index contributed by atoms with van der Waals surface area (Å²) in [6.07, 6.45) is 30.8. The molecule has 0 rings (SSSR count). The summed E-state index contributed by atoms with van der Waals surface area (Å²) in [6, 6.07) is 0. The number of ether oxygens (including phenoxy) is 5. The summed E-state index contributed by atoms with van der Waals surface area (Å²) >= 11 is 1.22. The predicted octanol–water partition coefficient (Wildman–Crippen LogP) is 14.2. The summed E-state index contributed by atoms with van der Waals surface area (Å²) in [5.74, 6) is -1.60. The third kappa shape index (κ3) is 41.5. The molecule has 2 unspecified atom stereocenters. The van der Waals surface area contributed by atoms with E-state index in [9.17, 15) is 28.8 Å². The Bertz CT molecular complexity index is 1390. The Labute approximate surface area is 449 Å². The molecule has 2 atom stereocenters. The van der Waals surface area contributed by atoms with Crippen LogP contribution in [0.5, 0.6) is 0 Å². The number of nitrogens with zero attached hydrogens (tertiary/aromatic N) is 2. The molecule has 0 aromatic rings. The number of amides is 1. The lowest BCUT2D eigenvalue weighted by molar-refractivity contribution is -0.150. The van der Waals surface area contributed by atoms with E-state index in [2.05, 4.69) is 65.5 Å². The van der Waals surface area contributed by atoms with Gasteiger partial charge in [0.1, 0.15) is 6.61 Å². The van der Waals surface area contributed by atoms with Gasteiger partial charge in [0.2, 0.25) is 0 Å². The normalized spacial score (nSPS) is 12.8. The molecule has 0 aliphatic heterocycles. The number of thioether (sulfide) groups is 1. The van der Waals surface area contributed by atoms with Gasteiger partial charge in [0.05, 0.1) is 38.3 Å². The zero-order chi connectivity index (χ0) is 54.0. The Morgan fingerprint density at radius 2 is 0.959 bits per heavy atom. The van der Waals surface area contributed by atoms with E-state index in [0.29, 0.717) is 37.9 Å². The summed E-state index contributed by atoms with van der Waals surface area (Å²) in [6.45, 7) is 18.6. The van der Waals surface area contributed by atoms with Crippen LogP contribution in [0.15, 0.2) is 24.3 Å². The van der Waals surface area contributed by atoms with E-state index in [1.165, 1.54) is 24.6 Å². The van der Waals surface area contributed by atoms with Crippen molar-refractivity contribution in [2.24, 2.45) is 17.8 Å². The molecule has 0 N–H and O–H groups in total. The molecular weight excluding hydrogens is 945 g/mol. The van der Waals surface area contributed by atoms with E-state index < -0.39 is 17.9 Å². The first kappa shape index (κ1) is 69.6. The average Bonchev–Trinajstić information content (AvgIpc) is 3.38. The molecule has 0 saturated carbocycles. The second-order valence-electron chi connectivity index (χ2n) is 19.6. The number of carbonyl (C=O) groups is 6. The van der Waals surface area contributed by atoms with E-state index in [1.807, 2.05) is 12.2 Å². The zero-order valence-electron chi connectivity index (χ0n) is 47.4. The number of carbonyl (C=O) groups excluding carboxylic acids is 6. The molecule has 0 heterocycles. The summed E-state index contributed by atoms with van der Waals surface area (Å²) in [5.41, 5.74) is 0. The highest BCUT2D eigenvalue weighted by molar-refractivity contribution is 8.13. The van der Waals surface area contributed by atoms with Crippen LogP contribution in [0, 0.1) is 17.8 Å². The molecular formula is C59H106N2O11S. The maximum atomic E-state index is 13.9. The van der Waals surface area contributed by atoms with Gasteiger partial charge in [0.15, 0.2) is 0 Å². The van der Waals surface area contributed by atoms with Crippen LogP contribution in [0.2, 0.25) is 0 Å². The van der Waals surface area contributed by atoms with Gasteiger partial charge < -0.3 is 33.5 Å². The average molecular weight is 1050 g/mol. The van der Waals surface area contributed by atoms with Crippen LogP contribution in [0.1, 0.15) is 228 Å². The van der Waals surface area contributed by atoms with Crippen molar-refractivity contribution in [3.8, 4) is 0 Å². The van der Waals surface area contributed by atoms with Gasteiger partial charge in [-0.05, 0) is 96.7 Å².